The predicted molar refractivity (Wildman–Crippen MR) is 124 cm³/mol. The van der Waals surface area contributed by atoms with Gasteiger partial charge < -0.3 is 40.0 Å². The minimum Gasteiger partial charge on any atom is -0.394 e. The van der Waals surface area contributed by atoms with Crippen molar-refractivity contribution >= 4 is 9.84 Å². The standard InChI is InChI=1S/C18H30NO9S.C5H5.Fe/c20-11-14-15(21)16(22)17(23)18(28-14)27-7-5-19-6-9-29(24,25)10-8-26-12-13-3-1-2-4-13;1-2-4-5-3-1;/h1-4,14-23H,5-12H2;1-5H;/q;;+2/t14-,15-,16+,17+,18+;;/m1../s1. The summed E-state index contributed by atoms with van der Waals surface area (Å²) in [5, 5.41) is 41.2. The summed E-state index contributed by atoms with van der Waals surface area (Å²) in [4.78, 5) is 0. The van der Waals surface area contributed by atoms with Gasteiger partial charge in [-0.15, -0.1) is 0 Å². The van der Waals surface area contributed by atoms with E-state index in [1.165, 1.54) is 0 Å². The molecule has 3 aliphatic rings. The van der Waals surface area contributed by atoms with Gasteiger partial charge in [-0.3, -0.25) is 0 Å². The summed E-state index contributed by atoms with van der Waals surface area (Å²) in [7, 11) is -3.24. The van der Waals surface area contributed by atoms with Gasteiger partial charge in [-0.1, -0.05) is 0 Å². The monoisotopic (exact) mass is 557 g/mol. The Labute approximate surface area is 220 Å². The average Bonchev–Trinajstić information content (AvgIpc) is 3.56. The van der Waals surface area contributed by atoms with Gasteiger partial charge in [-0.2, -0.15) is 0 Å². The Bertz CT molecular complexity index is 623. The first-order valence-corrected chi connectivity index (χ1v) is 12.9. The third-order valence-electron chi connectivity index (χ3n) is 5.09. The number of aliphatic hydroxyl groups is 4. The van der Waals surface area contributed by atoms with Crippen molar-refractivity contribution in [1.82, 2.24) is 5.32 Å². The molecule has 10 nitrogen and oxygen atoms in total. The minimum atomic E-state index is -3.24. The Balaban J connectivity index is 0.000000904. The first kappa shape index (κ1) is 33.2. The van der Waals surface area contributed by atoms with Gasteiger partial charge in [0.15, 0.2) is 16.1 Å². The second kappa shape index (κ2) is 18.4. The fourth-order valence-corrected chi connectivity index (χ4v) is 4.15. The zero-order valence-corrected chi connectivity index (χ0v) is 21.3. The van der Waals surface area contributed by atoms with Crippen LogP contribution in [-0.4, -0.2) is 111 Å². The van der Waals surface area contributed by atoms with Crippen LogP contribution < -0.4 is 5.32 Å². The van der Waals surface area contributed by atoms with Crippen molar-refractivity contribution in [3.8, 4) is 0 Å². The maximum Gasteiger partial charge on any atom is 2.00 e. The molecule has 2 saturated carbocycles. The summed E-state index contributed by atoms with van der Waals surface area (Å²) >= 11 is 0. The molecule has 0 amide bonds. The van der Waals surface area contributed by atoms with Gasteiger partial charge >= 0.3 is 17.1 Å². The molecule has 3 fully saturated rings. The number of ether oxygens (including phenoxy) is 3. The molecular weight excluding hydrogens is 522 g/mol. The Morgan fingerprint density at radius 1 is 0.857 bits per heavy atom. The molecule has 12 heteroatoms. The summed E-state index contributed by atoms with van der Waals surface area (Å²) < 4.78 is 39.8. The second-order valence-electron chi connectivity index (χ2n) is 7.78. The zero-order valence-electron chi connectivity index (χ0n) is 19.3. The Morgan fingerprint density at radius 2 is 1.49 bits per heavy atom. The van der Waals surface area contributed by atoms with E-state index in [9.17, 15) is 23.7 Å². The molecule has 2 aliphatic carbocycles. The smallest absolute Gasteiger partial charge is 0.394 e. The molecule has 0 bridgehead atoms. The predicted octanol–water partition coefficient (Wildman–Crippen LogP) is -1.75. The molecule has 1 saturated heterocycles. The Morgan fingerprint density at radius 3 is 2.09 bits per heavy atom. The van der Waals surface area contributed by atoms with Crippen LogP contribution >= 0.6 is 0 Å². The summed E-state index contributed by atoms with van der Waals surface area (Å²) in [5.74, 6) is 0.896. The van der Waals surface area contributed by atoms with Crippen LogP contribution in [0.5, 0.6) is 0 Å². The third kappa shape index (κ3) is 13.0. The maximum absolute atomic E-state index is 12.0. The third-order valence-corrected chi connectivity index (χ3v) is 6.71. The molecular formula is C23H35FeNO9S+2. The number of hydrogen-bond donors (Lipinski definition) is 5. The van der Waals surface area contributed by atoms with Crippen LogP contribution in [0, 0.1) is 63.7 Å². The molecule has 5 atom stereocenters. The fraction of sp³-hybridized carbons (Fsp3) is 0.565. The van der Waals surface area contributed by atoms with Crippen molar-refractivity contribution in [3.63, 3.8) is 0 Å². The van der Waals surface area contributed by atoms with Crippen LogP contribution in [0.4, 0.5) is 0 Å². The second-order valence-corrected chi connectivity index (χ2v) is 10.1. The van der Waals surface area contributed by atoms with Gasteiger partial charge in [-0.25, -0.2) is 8.42 Å². The summed E-state index contributed by atoms with van der Waals surface area (Å²) in [6, 6.07) is 0. The largest absolute Gasteiger partial charge is 2.00 e. The molecule has 0 unspecified atom stereocenters. The van der Waals surface area contributed by atoms with E-state index in [2.05, 4.69) is 5.32 Å². The number of rotatable bonds is 13. The Kier molecular flexibility index (Phi) is 17.5. The van der Waals surface area contributed by atoms with Gasteiger partial charge in [0.25, 0.3) is 0 Å². The number of hydrogen-bond acceptors (Lipinski definition) is 10. The van der Waals surface area contributed by atoms with Crippen LogP contribution in [0.2, 0.25) is 0 Å². The van der Waals surface area contributed by atoms with E-state index < -0.39 is 47.2 Å². The summed E-state index contributed by atoms with van der Waals surface area (Å²) in [5.41, 5.74) is 0. The number of sulfone groups is 1. The zero-order chi connectivity index (χ0) is 24.8. The molecule has 1 heterocycles. The van der Waals surface area contributed by atoms with Gasteiger partial charge in [0.05, 0.1) is 37.9 Å². The van der Waals surface area contributed by atoms with Gasteiger partial charge in [0.1, 0.15) is 24.4 Å². The first-order chi connectivity index (χ1) is 16.3. The van der Waals surface area contributed by atoms with E-state index in [4.69, 9.17) is 19.3 Å². The Hall–Kier alpha value is 0.149. The van der Waals surface area contributed by atoms with Crippen LogP contribution in [0.1, 0.15) is 0 Å². The average molecular weight is 557 g/mol. The maximum atomic E-state index is 12.0. The molecule has 35 heavy (non-hydrogen) atoms. The van der Waals surface area contributed by atoms with Gasteiger partial charge in [0, 0.05) is 19.0 Å². The van der Waals surface area contributed by atoms with Crippen molar-refractivity contribution in [3.05, 3.63) is 63.7 Å². The van der Waals surface area contributed by atoms with E-state index in [0.29, 0.717) is 6.61 Å². The quantitative estimate of drug-likeness (QED) is 0.130. The van der Waals surface area contributed by atoms with Crippen LogP contribution in [-0.2, 0) is 41.1 Å². The van der Waals surface area contributed by atoms with Crippen LogP contribution in [0.3, 0.4) is 0 Å². The normalized spacial score (nSPS) is 29.4. The van der Waals surface area contributed by atoms with Gasteiger partial charge in [-0.05, 0) is 57.8 Å². The fourth-order valence-electron chi connectivity index (χ4n) is 3.11. The molecule has 0 aromatic heterocycles. The molecule has 5 N–H and O–H groups in total. The van der Waals surface area contributed by atoms with Crippen molar-refractivity contribution < 1.29 is 60.1 Å². The topological polar surface area (TPSA) is 155 Å². The van der Waals surface area contributed by atoms with Crippen molar-refractivity contribution in [2.75, 3.05) is 51.0 Å². The van der Waals surface area contributed by atoms with Crippen molar-refractivity contribution in [2.24, 2.45) is 0 Å². The molecule has 10 radical (unpaired) electrons. The molecule has 0 aromatic rings. The van der Waals surface area contributed by atoms with Crippen LogP contribution in [0.15, 0.2) is 0 Å². The van der Waals surface area contributed by atoms with Crippen molar-refractivity contribution in [2.45, 2.75) is 30.7 Å². The van der Waals surface area contributed by atoms with Crippen LogP contribution in [0.25, 0.3) is 0 Å². The number of aliphatic hydroxyl groups excluding tert-OH is 4. The molecule has 198 valence electrons. The van der Waals surface area contributed by atoms with E-state index in [0.717, 1.165) is 5.92 Å². The first-order valence-electron chi connectivity index (χ1n) is 11.1. The summed E-state index contributed by atoms with van der Waals surface area (Å²) in [6.07, 6.45) is 11.0. The van der Waals surface area contributed by atoms with Gasteiger partial charge in [0.2, 0.25) is 0 Å². The summed E-state index contributed by atoms with van der Waals surface area (Å²) in [6.45, 7) is 0.577. The molecule has 3 rings (SSSR count). The SMILES string of the molecule is O=S(=O)(CCNCCO[C@H]1O[C@H](CO)[C@@H](O)[C@H](O)[C@@H]1O)CCOC[C]1[CH][CH][CH][CH]1.[CH]1[CH][CH][CH][CH]1.[Fe+2]. The molecule has 1 aliphatic heterocycles. The molecule has 0 spiro atoms. The van der Waals surface area contributed by atoms with E-state index in [-0.39, 0.29) is 54.9 Å². The molecule has 0 aromatic carbocycles. The van der Waals surface area contributed by atoms with E-state index >= 15 is 0 Å². The minimum absolute atomic E-state index is 0. The van der Waals surface area contributed by atoms with Crippen molar-refractivity contribution in [1.29, 1.82) is 0 Å². The number of nitrogens with one attached hydrogen (secondary N) is 1. The van der Waals surface area contributed by atoms with E-state index in [1.807, 2.05) is 57.8 Å². The van der Waals surface area contributed by atoms with E-state index in [1.54, 1.807) is 0 Å².